The summed E-state index contributed by atoms with van der Waals surface area (Å²) in [7, 11) is 2.09. The maximum Gasteiger partial charge on any atom is 0.290 e. The predicted molar refractivity (Wildman–Crippen MR) is 50.1 cm³/mol. The molecule has 12 heavy (non-hydrogen) atoms. The van der Waals surface area contributed by atoms with Gasteiger partial charge in [-0.3, -0.25) is 4.79 Å². The molecule has 0 aliphatic carbocycles. The van der Waals surface area contributed by atoms with Crippen molar-refractivity contribution in [3.8, 4) is 0 Å². The van der Waals surface area contributed by atoms with Crippen molar-refractivity contribution in [3.63, 3.8) is 0 Å². The molecule has 0 radical (unpaired) electrons. The number of hydrogen-bond acceptors (Lipinski definition) is 3. The molecule has 0 saturated heterocycles. The molecule has 0 unspecified atom stereocenters. The summed E-state index contributed by atoms with van der Waals surface area (Å²) in [5, 5.41) is 6.89. The Labute approximate surface area is 74.4 Å². The van der Waals surface area contributed by atoms with Crippen LogP contribution in [0.3, 0.4) is 0 Å². The van der Waals surface area contributed by atoms with Gasteiger partial charge in [0.2, 0.25) is 0 Å². The first-order chi connectivity index (χ1) is 5.40. The van der Waals surface area contributed by atoms with Gasteiger partial charge in [0.15, 0.2) is 0 Å². The predicted octanol–water partition coefficient (Wildman–Crippen LogP) is 0.376. The summed E-state index contributed by atoms with van der Waals surface area (Å²) in [5.74, 6) is 0. The van der Waals surface area contributed by atoms with Crippen LogP contribution in [-0.2, 0) is 4.79 Å². The number of nitrogens with zero attached hydrogens (tertiary/aromatic N) is 1. The Morgan fingerprint density at radius 1 is 1.50 bits per heavy atom. The second-order valence-corrected chi connectivity index (χ2v) is 3.49. The molecule has 74 valence electrons. The molecule has 0 aliphatic rings. The molecule has 0 amide bonds. The van der Waals surface area contributed by atoms with Crippen molar-refractivity contribution in [3.05, 3.63) is 0 Å². The van der Waals surface area contributed by atoms with Crippen LogP contribution >= 0.6 is 0 Å². The van der Waals surface area contributed by atoms with E-state index in [2.05, 4.69) is 32.7 Å². The Kier molecular flexibility index (Phi) is 8.21. The van der Waals surface area contributed by atoms with Gasteiger partial charge in [-0.25, -0.2) is 0 Å². The number of carbonyl (C=O) groups is 1. The first-order valence-electron chi connectivity index (χ1n) is 3.89. The average Bonchev–Trinajstić information content (AvgIpc) is 1.88. The van der Waals surface area contributed by atoms with E-state index in [1.54, 1.807) is 0 Å². The highest BCUT2D eigenvalue weighted by Crippen LogP contribution is 2.08. The fourth-order valence-corrected chi connectivity index (χ4v) is 0.529. The van der Waals surface area contributed by atoms with Crippen molar-refractivity contribution in [2.24, 2.45) is 5.73 Å². The van der Waals surface area contributed by atoms with Crippen molar-refractivity contribution in [1.82, 2.24) is 4.90 Å². The lowest BCUT2D eigenvalue weighted by Crippen LogP contribution is -2.40. The van der Waals surface area contributed by atoms with E-state index >= 15 is 0 Å². The highest BCUT2D eigenvalue weighted by atomic mass is 16.3. The monoisotopic (exact) mass is 176 g/mol. The molecule has 3 N–H and O–H groups in total. The van der Waals surface area contributed by atoms with Gasteiger partial charge >= 0.3 is 0 Å². The lowest BCUT2D eigenvalue weighted by Gasteiger charge is -2.31. The molecule has 0 aliphatic heterocycles. The minimum Gasteiger partial charge on any atom is -0.483 e. The molecule has 0 aromatic rings. The number of nitrogens with two attached hydrogens (primary N) is 1. The average molecular weight is 176 g/mol. The maximum atomic E-state index is 8.36. The van der Waals surface area contributed by atoms with Crippen LogP contribution in [-0.4, -0.2) is 42.2 Å². The zero-order chi connectivity index (χ0) is 10.2. The van der Waals surface area contributed by atoms with Crippen LogP contribution in [0.1, 0.15) is 20.8 Å². The first kappa shape index (κ1) is 13.9. The van der Waals surface area contributed by atoms with E-state index in [4.69, 9.17) is 15.6 Å². The Bertz CT molecular complexity index is 110. The van der Waals surface area contributed by atoms with E-state index in [1.165, 1.54) is 0 Å². The third kappa shape index (κ3) is 9.39. The Hall–Kier alpha value is -0.610. The molecule has 0 atom stereocenters. The Balaban J connectivity index is 0. The van der Waals surface area contributed by atoms with Crippen molar-refractivity contribution >= 4 is 6.47 Å². The van der Waals surface area contributed by atoms with Gasteiger partial charge < -0.3 is 15.7 Å². The molecule has 0 fully saturated rings. The zero-order valence-electron chi connectivity index (χ0n) is 8.37. The van der Waals surface area contributed by atoms with Crippen molar-refractivity contribution in [2.75, 3.05) is 20.1 Å². The fraction of sp³-hybridized carbons (Fsp3) is 0.875. The zero-order valence-corrected chi connectivity index (χ0v) is 8.37. The molecule has 0 aromatic carbocycles. The first-order valence-corrected chi connectivity index (χ1v) is 3.89. The van der Waals surface area contributed by atoms with E-state index in [1.807, 2.05) is 0 Å². The largest absolute Gasteiger partial charge is 0.483 e. The molecule has 0 bridgehead atoms. The van der Waals surface area contributed by atoms with Crippen LogP contribution in [0.2, 0.25) is 0 Å². The Morgan fingerprint density at radius 3 is 1.92 bits per heavy atom. The topological polar surface area (TPSA) is 66.6 Å². The smallest absolute Gasteiger partial charge is 0.290 e. The summed E-state index contributed by atoms with van der Waals surface area (Å²) in [5.41, 5.74) is 5.65. The van der Waals surface area contributed by atoms with E-state index in [0.29, 0.717) is 0 Å². The third-order valence-corrected chi connectivity index (χ3v) is 1.61. The summed E-state index contributed by atoms with van der Waals surface area (Å²) in [6, 6.07) is 0. The minimum atomic E-state index is -0.250. The van der Waals surface area contributed by atoms with E-state index in [9.17, 15) is 0 Å². The highest BCUT2D eigenvalue weighted by molar-refractivity contribution is 5.32. The lowest BCUT2D eigenvalue weighted by atomic mass is 10.1. The third-order valence-electron chi connectivity index (χ3n) is 1.61. The summed E-state index contributed by atoms with van der Waals surface area (Å²) < 4.78 is 0. The summed E-state index contributed by atoms with van der Waals surface area (Å²) in [6.07, 6.45) is 0. The standard InChI is InChI=1S/C7H18N2.CH2O2/c1-7(2,3)9(4)6-5-8;2-1-3/h5-6,8H2,1-4H3;1H,(H,2,3). The molecule has 4 heteroatoms. The van der Waals surface area contributed by atoms with E-state index in [-0.39, 0.29) is 12.0 Å². The van der Waals surface area contributed by atoms with Crippen LogP contribution in [0.5, 0.6) is 0 Å². The quantitative estimate of drug-likeness (QED) is 0.597. The second kappa shape index (κ2) is 7.06. The van der Waals surface area contributed by atoms with Crippen LogP contribution in [0, 0.1) is 0 Å². The van der Waals surface area contributed by atoms with Gasteiger partial charge in [-0.1, -0.05) is 0 Å². The summed E-state index contributed by atoms with van der Waals surface area (Å²) in [6.45, 7) is 8.02. The lowest BCUT2D eigenvalue weighted by molar-refractivity contribution is -0.122. The number of likely N-dealkylation sites (N-methyl/N-ethyl adjacent to an activating group) is 1. The van der Waals surface area contributed by atoms with Gasteiger partial charge in [0.1, 0.15) is 0 Å². The molecule has 0 heterocycles. The summed E-state index contributed by atoms with van der Waals surface area (Å²) in [4.78, 5) is 10.6. The minimum absolute atomic E-state index is 0.250. The van der Waals surface area contributed by atoms with E-state index < -0.39 is 0 Å². The molecule has 0 aromatic heterocycles. The number of hydrogen-bond donors (Lipinski definition) is 2. The normalized spacial score (nSPS) is 10.5. The van der Waals surface area contributed by atoms with Crippen LogP contribution in [0.15, 0.2) is 0 Å². The maximum absolute atomic E-state index is 8.36. The molecule has 0 rings (SSSR count). The number of rotatable bonds is 2. The molecular formula is C8H20N2O2. The summed E-state index contributed by atoms with van der Waals surface area (Å²) >= 11 is 0. The SMILES string of the molecule is CN(CCN)C(C)(C)C.O=CO. The van der Waals surface area contributed by atoms with Crippen LogP contribution < -0.4 is 5.73 Å². The highest BCUT2D eigenvalue weighted by Gasteiger charge is 2.14. The van der Waals surface area contributed by atoms with Gasteiger partial charge in [0.05, 0.1) is 0 Å². The van der Waals surface area contributed by atoms with Crippen LogP contribution in [0.4, 0.5) is 0 Å². The van der Waals surface area contributed by atoms with Gasteiger partial charge in [-0.05, 0) is 27.8 Å². The van der Waals surface area contributed by atoms with Crippen molar-refractivity contribution < 1.29 is 9.90 Å². The molecule has 4 nitrogen and oxygen atoms in total. The Morgan fingerprint density at radius 2 is 1.83 bits per heavy atom. The molecule has 0 saturated carbocycles. The fourth-order valence-electron chi connectivity index (χ4n) is 0.529. The van der Waals surface area contributed by atoms with E-state index in [0.717, 1.165) is 13.1 Å². The van der Waals surface area contributed by atoms with Crippen molar-refractivity contribution in [1.29, 1.82) is 0 Å². The van der Waals surface area contributed by atoms with Gasteiger partial charge in [0.25, 0.3) is 6.47 Å². The number of carboxylic acid groups (broad SMARTS) is 1. The van der Waals surface area contributed by atoms with Gasteiger partial charge in [-0.2, -0.15) is 0 Å². The van der Waals surface area contributed by atoms with Gasteiger partial charge in [0, 0.05) is 18.6 Å². The van der Waals surface area contributed by atoms with Crippen molar-refractivity contribution in [2.45, 2.75) is 26.3 Å². The molecule has 0 spiro atoms. The molecular weight excluding hydrogens is 156 g/mol. The van der Waals surface area contributed by atoms with Crippen LogP contribution in [0.25, 0.3) is 0 Å². The second-order valence-electron chi connectivity index (χ2n) is 3.49. The van der Waals surface area contributed by atoms with Gasteiger partial charge in [-0.15, -0.1) is 0 Å².